The van der Waals surface area contributed by atoms with E-state index in [-0.39, 0.29) is 5.91 Å². The number of nitrogens with zero attached hydrogens (tertiary/aromatic N) is 1. The van der Waals surface area contributed by atoms with Crippen LogP contribution in [-0.2, 0) is 6.42 Å². The van der Waals surface area contributed by atoms with Crippen LogP contribution in [0.1, 0.15) is 28.5 Å². The molecule has 0 saturated heterocycles. The van der Waals surface area contributed by atoms with Gasteiger partial charge in [-0.2, -0.15) is 0 Å². The van der Waals surface area contributed by atoms with Gasteiger partial charge in [0.05, 0.1) is 5.56 Å². The number of aromatic nitrogens is 1. The van der Waals surface area contributed by atoms with Gasteiger partial charge >= 0.3 is 0 Å². The van der Waals surface area contributed by atoms with Crippen LogP contribution in [0.5, 0.6) is 0 Å². The lowest BCUT2D eigenvalue weighted by Crippen LogP contribution is -2.14. The van der Waals surface area contributed by atoms with E-state index in [0.717, 1.165) is 17.8 Å². The van der Waals surface area contributed by atoms with Crippen LogP contribution in [0, 0.1) is 6.92 Å². The molecule has 0 radical (unpaired) electrons. The Kier molecular flexibility index (Phi) is 3.80. The van der Waals surface area contributed by atoms with E-state index in [1.165, 1.54) is 11.8 Å². The van der Waals surface area contributed by atoms with Crippen LogP contribution >= 0.6 is 0 Å². The number of aryl methyl sites for hydroxylation is 2. The van der Waals surface area contributed by atoms with Gasteiger partial charge in [-0.25, -0.2) is 0 Å². The molecule has 98 valence electrons. The Labute approximate surface area is 112 Å². The van der Waals surface area contributed by atoms with Gasteiger partial charge in [0.15, 0.2) is 0 Å². The van der Waals surface area contributed by atoms with Crippen LogP contribution in [-0.4, -0.2) is 10.9 Å². The van der Waals surface area contributed by atoms with Gasteiger partial charge in [-0.3, -0.25) is 9.78 Å². The van der Waals surface area contributed by atoms with Crippen molar-refractivity contribution in [2.24, 2.45) is 0 Å². The highest BCUT2D eigenvalue weighted by molar-refractivity contribution is 6.07. The summed E-state index contributed by atoms with van der Waals surface area (Å²) in [5, 5.41) is 2.81. The zero-order valence-electron chi connectivity index (χ0n) is 11.1. The van der Waals surface area contributed by atoms with Gasteiger partial charge in [0.1, 0.15) is 0 Å². The minimum atomic E-state index is -0.241. The number of benzene rings is 1. The number of hydrogen-bond acceptors (Lipinski definition) is 3. The molecule has 0 aliphatic heterocycles. The van der Waals surface area contributed by atoms with E-state index in [2.05, 4.69) is 17.2 Å². The van der Waals surface area contributed by atoms with Crippen molar-refractivity contribution < 1.29 is 4.79 Å². The van der Waals surface area contributed by atoms with E-state index >= 15 is 0 Å². The number of nitrogens with two attached hydrogens (primary N) is 1. The highest BCUT2D eigenvalue weighted by Crippen LogP contribution is 2.15. The zero-order chi connectivity index (χ0) is 13.8. The quantitative estimate of drug-likeness (QED) is 0.886. The molecule has 1 heterocycles. The highest BCUT2D eigenvalue weighted by atomic mass is 16.1. The Morgan fingerprint density at radius 1 is 1.32 bits per heavy atom. The first-order valence-electron chi connectivity index (χ1n) is 6.22. The Morgan fingerprint density at radius 3 is 2.58 bits per heavy atom. The van der Waals surface area contributed by atoms with E-state index in [9.17, 15) is 4.79 Å². The van der Waals surface area contributed by atoms with Crippen molar-refractivity contribution in [1.82, 2.24) is 4.98 Å². The molecule has 2 aromatic rings. The molecule has 0 aliphatic rings. The Morgan fingerprint density at radius 2 is 2.00 bits per heavy atom. The molecule has 1 aromatic heterocycles. The van der Waals surface area contributed by atoms with Gasteiger partial charge in [0.25, 0.3) is 5.91 Å². The SMILES string of the molecule is CCc1ccc(NC(=O)c2cnc(C)cc2N)cc1. The maximum Gasteiger partial charge on any atom is 0.259 e. The predicted octanol–water partition coefficient (Wildman–Crippen LogP) is 2.79. The molecule has 0 aliphatic carbocycles. The van der Waals surface area contributed by atoms with Crippen molar-refractivity contribution in [3.8, 4) is 0 Å². The van der Waals surface area contributed by atoms with Crippen LogP contribution in [0.15, 0.2) is 36.5 Å². The van der Waals surface area contributed by atoms with E-state index in [4.69, 9.17) is 5.73 Å². The third-order valence-corrected chi connectivity index (χ3v) is 2.94. The minimum Gasteiger partial charge on any atom is -0.398 e. The van der Waals surface area contributed by atoms with Gasteiger partial charge in [-0.05, 0) is 37.1 Å². The standard InChI is InChI=1S/C15H17N3O/c1-3-11-4-6-12(7-5-11)18-15(19)13-9-17-10(2)8-14(13)16/h4-9H,3H2,1-2H3,(H2,16,17)(H,18,19). The summed E-state index contributed by atoms with van der Waals surface area (Å²) in [6, 6.07) is 9.44. The van der Waals surface area contributed by atoms with E-state index in [0.29, 0.717) is 11.3 Å². The number of pyridine rings is 1. The number of carbonyl (C=O) groups is 1. The van der Waals surface area contributed by atoms with Crippen molar-refractivity contribution in [2.75, 3.05) is 11.1 Å². The highest BCUT2D eigenvalue weighted by Gasteiger charge is 2.10. The average Bonchev–Trinajstić information content (AvgIpc) is 2.39. The summed E-state index contributed by atoms with van der Waals surface area (Å²) >= 11 is 0. The lowest BCUT2D eigenvalue weighted by atomic mass is 10.1. The lowest BCUT2D eigenvalue weighted by Gasteiger charge is -2.08. The van der Waals surface area contributed by atoms with E-state index in [1.807, 2.05) is 31.2 Å². The third-order valence-electron chi connectivity index (χ3n) is 2.94. The Bertz CT molecular complexity index is 591. The van der Waals surface area contributed by atoms with Crippen molar-refractivity contribution >= 4 is 17.3 Å². The normalized spacial score (nSPS) is 10.2. The second-order valence-electron chi connectivity index (χ2n) is 4.42. The van der Waals surface area contributed by atoms with Gasteiger partial charge in [0.2, 0.25) is 0 Å². The third kappa shape index (κ3) is 3.10. The molecule has 0 saturated carbocycles. The van der Waals surface area contributed by atoms with Crippen molar-refractivity contribution in [2.45, 2.75) is 20.3 Å². The molecule has 0 bridgehead atoms. The molecule has 4 heteroatoms. The summed E-state index contributed by atoms with van der Waals surface area (Å²) in [7, 11) is 0. The number of anilines is 2. The van der Waals surface area contributed by atoms with Crippen LogP contribution in [0.3, 0.4) is 0 Å². The summed E-state index contributed by atoms with van der Waals surface area (Å²) < 4.78 is 0. The second-order valence-corrected chi connectivity index (χ2v) is 4.42. The molecule has 0 atom stereocenters. The van der Waals surface area contributed by atoms with Crippen molar-refractivity contribution in [1.29, 1.82) is 0 Å². The molecule has 2 rings (SSSR count). The predicted molar refractivity (Wildman–Crippen MR) is 77.2 cm³/mol. The largest absolute Gasteiger partial charge is 0.398 e. The first-order chi connectivity index (χ1) is 9.10. The van der Waals surface area contributed by atoms with Crippen LogP contribution in [0.4, 0.5) is 11.4 Å². The average molecular weight is 255 g/mol. The molecule has 0 fully saturated rings. The topological polar surface area (TPSA) is 68.0 Å². The van der Waals surface area contributed by atoms with Gasteiger partial charge in [-0.1, -0.05) is 19.1 Å². The first kappa shape index (κ1) is 13.1. The van der Waals surface area contributed by atoms with Crippen LogP contribution in [0.25, 0.3) is 0 Å². The van der Waals surface area contributed by atoms with Gasteiger partial charge in [0, 0.05) is 23.3 Å². The lowest BCUT2D eigenvalue weighted by molar-refractivity contribution is 0.102. The summed E-state index contributed by atoms with van der Waals surface area (Å²) in [4.78, 5) is 16.2. The summed E-state index contributed by atoms with van der Waals surface area (Å²) in [5.74, 6) is -0.241. The van der Waals surface area contributed by atoms with Gasteiger partial charge in [-0.15, -0.1) is 0 Å². The zero-order valence-corrected chi connectivity index (χ0v) is 11.1. The number of nitrogens with one attached hydrogen (secondary N) is 1. The maximum atomic E-state index is 12.1. The smallest absolute Gasteiger partial charge is 0.259 e. The molecule has 1 amide bonds. The minimum absolute atomic E-state index is 0.241. The van der Waals surface area contributed by atoms with E-state index in [1.54, 1.807) is 6.07 Å². The maximum absolute atomic E-state index is 12.1. The molecule has 19 heavy (non-hydrogen) atoms. The number of hydrogen-bond donors (Lipinski definition) is 2. The second kappa shape index (κ2) is 5.52. The number of rotatable bonds is 3. The summed E-state index contributed by atoms with van der Waals surface area (Å²) in [6.07, 6.45) is 2.48. The molecule has 1 aromatic carbocycles. The Balaban J connectivity index is 2.15. The fourth-order valence-corrected chi connectivity index (χ4v) is 1.79. The molecular weight excluding hydrogens is 238 g/mol. The number of carbonyl (C=O) groups excluding carboxylic acids is 1. The molecule has 3 N–H and O–H groups in total. The molecule has 0 unspecified atom stereocenters. The van der Waals surface area contributed by atoms with Crippen molar-refractivity contribution in [3.63, 3.8) is 0 Å². The Hall–Kier alpha value is -2.36. The molecule has 0 spiro atoms. The summed E-state index contributed by atoms with van der Waals surface area (Å²) in [6.45, 7) is 3.92. The first-order valence-corrected chi connectivity index (χ1v) is 6.22. The molecular formula is C15H17N3O. The van der Waals surface area contributed by atoms with E-state index < -0.39 is 0 Å². The van der Waals surface area contributed by atoms with Crippen LogP contribution in [0.2, 0.25) is 0 Å². The molecule has 4 nitrogen and oxygen atoms in total. The number of nitrogen functional groups attached to an aromatic ring is 1. The summed E-state index contributed by atoms with van der Waals surface area (Å²) in [5.41, 5.74) is 9.43. The van der Waals surface area contributed by atoms with Crippen molar-refractivity contribution in [3.05, 3.63) is 53.3 Å². The fraction of sp³-hybridized carbons (Fsp3) is 0.200. The van der Waals surface area contributed by atoms with Crippen LogP contribution < -0.4 is 11.1 Å². The fourth-order valence-electron chi connectivity index (χ4n) is 1.79. The van der Waals surface area contributed by atoms with Gasteiger partial charge < -0.3 is 11.1 Å². The monoisotopic (exact) mass is 255 g/mol. The number of amides is 1.